The summed E-state index contributed by atoms with van der Waals surface area (Å²) >= 11 is 0. The van der Waals surface area contributed by atoms with Gasteiger partial charge in [0.1, 0.15) is 6.04 Å². The van der Waals surface area contributed by atoms with E-state index in [2.05, 4.69) is 0 Å². The third-order valence-electron chi connectivity index (χ3n) is 1.68. The summed E-state index contributed by atoms with van der Waals surface area (Å²) in [6.07, 6.45) is 1.44. The average Bonchev–Trinajstić information content (AvgIpc) is 1.51. The molecule has 6 heteroatoms. The molecule has 1 heterocycles. The molecule has 0 aromatic heterocycles. The van der Waals surface area contributed by atoms with E-state index in [-0.39, 0.29) is 0 Å². The molecule has 0 saturated carbocycles. The van der Waals surface area contributed by atoms with Crippen LogP contribution in [0.3, 0.4) is 0 Å². The number of aliphatic carboxylic acids is 1. The zero-order valence-corrected chi connectivity index (χ0v) is 6.84. The first-order valence-corrected chi connectivity index (χ1v) is 4.97. The van der Waals surface area contributed by atoms with E-state index in [4.69, 9.17) is 5.11 Å². The normalized spacial score (nSPS) is 26.1. The Balaban J connectivity index is 2.72. The highest BCUT2D eigenvalue weighted by Crippen LogP contribution is 2.20. The van der Waals surface area contributed by atoms with Crippen LogP contribution < -0.4 is 0 Å². The number of hydrogen-bond donors (Lipinski definition) is 1. The Hall–Kier alpha value is -0.620. The zero-order valence-electron chi connectivity index (χ0n) is 6.02. The first kappa shape index (κ1) is 8.48. The lowest BCUT2D eigenvalue weighted by Crippen LogP contribution is -2.54. The summed E-state index contributed by atoms with van der Waals surface area (Å²) in [6.45, 7) is 0.329. The van der Waals surface area contributed by atoms with E-state index in [0.717, 1.165) is 10.6 Å². The first-order chi connectivity index (χ1) is 4.93. The van der Waals surface area contributed by atoms with Crippen LogP contribution in [0, 0.1) is 0 Å². The molecule has 1 aliphatic heterocycles. The Bertz CT molecular complexity index is 270. The number of hydrogen-bond acceptors (Lipinski definition) is 3. The highest BCUT2D eigenvalue weighted by atomic mass is 32.2. The van der Waals surface area contributed by atoms with E-state index < -0.39 is 22.0 Å². The standard InChI is InChI=1S/C5H9NO4S/c1-11(9,10)6-3-2-4(6)5(7)8/h4H,2-3H2,1H3,(H,7,8)/t4-/m0/s1. The maximum absolute atomic E-state index is 10.8. The monoisotopic (exact) mass is 179 g/mol. The summed E-state index contributed by atoms with van der Waals surface area (Å²) in [5.41, 5.74) is 0. The Labute approximate surface area is 64.7 Å². The van der Waals surface area contributed by atoms with Crippen molar-refractivity contribution in [1.82, 2.24) is 4.31 Å². The third-order valence-corrected chi connectivity index (χ3v) is 2.97. The Morgan fingerprint density at radius 2 is 2.18 bits per heavy atom. The van der Waals surface area contributed by atoms with E-state index in [1.807, 2.05) is 0 Å². The topological polar surface area (TPSA) is 74.7 Å². The molecule has 1 rings (SSSR count). The fraction of sp³-hybridized carbons (Fsp3) is 0.800. The molecule has 1 fully saturated rings. The van der Waals surface area contributed by atoms with Crippen molar-refractivity contribution >= 4 is 16.0 Å². The van der Waals surface area contributed by atoms with E-state index in [1.54, 1.807) is 0 Å². The van der Waals surface area contributed by atoms with Gasteiger partial charge in [0, 0.05) is 6.54 Å². The van der Waals surface area contributed by atoms with Crippen molar-refractivity contribution in [3.63, 3.8) is 0 Å². The molecule has 0 radical (unpaired) electrons. The summed E-state index contributed by atoms with van der Waals surface area (Å²) in [5.74, 6) is -1.07. The van der Waals surface area contributed by atoms with Gasteiger partial charge < -0.3 is 5.11 Å². The van der Waals surface area contributed by atoms with Crippen LogP contribution in [0.15, 0.2) is 0 Å². The molecule has 1 N–H and O–H groups in total. The molecular formula is C5H9NO4S. The number of sulfonamides is 1. The average molecular weight is 179 g/mol. The second-order valence-electron chi connectivity index (χ2n) is 2.52. The lowest BCUT2D eigenvalue weighted by molar-refractivity contribution is -0.144. The predicted molar refractivity (Wildman–Crippen MR) is 37.6 cm³/mol. The van der Waals surface area contributed by atoms with Crippen molar-refractivity contribution in [1.29, 1.82) is 0 Å². The Kier molecular flexibility index (Phi) is 1.89. The molecule has 0 amide bonds. The van der Waals surface area contributed by atoms with Gasteiger partial charge in [0.2, 0.25) is 10.0 Å². The molecule has 1 saturated heterocycles. The number of nitrogens with zero attached hydrogens (tertiary/aromatic N) is 1. The summed E-state index contributed by atoms with van der Waals surface area (Å²) < 4.78 is 22.6. The van der Waals surface area contributed by atoms with Crippen LogP contribution in [0.25, 0.3) is 0 Å². The van der Waals surface area contributed by atoms with Crippen LogP contribution in [-0.4, -0.2) is 42.6 Å². The lowest BCUT2D eigenvalue weighted by atomic mass is 10.1. The first-order valence-electron chi connectivity index (χ1n) is 3.12. The molecule has 0 bridgehead atoms. The summed E-state index contributed by atoms with van der Waals surface area (Å²) in [7, 11) is -3.31. The van der Waals surface area contributed by atoms with Gasteiger partial charge in [-0.1, -0.05) is 0 Å². The van der Waals surface area contributed by atoms with Crippen molar-refractivity contribution in [2.75, 3.05) is 12.8 Å². The minimum atomic E-state index is -3.31. The molecular weight excluding hydrogens is 170 g/mol. The molecule has 11 heavy (non-hydrogen) atoms. The largest absolute Gasteiger partial charge is 0.480 e. The SMILES string of the molecule is CS(=O)(=O)N1CC[C@H]1C(=O)O. The summed E-state index contributed by atoms with van der Waals surface area (Å²) in [6, 6.07) is -0.829. The summed E-state index contributed by atoms with van der Waals surface area (Å²) in [4.78, 5) is 10.3. The minimum Gasteiger partial charge on any atom is -0.480 e. The molecule has 0 aromatic rings. The molecule has 64 valence electrons. The van der Waals surface area contributed by atoms with Gasteiger partial charge in [-0.05, 0) is 6.42 Å². The van der Waals surface area contributed by atoms with Gasteiger partial charge in [-0.2, -0.15) is 4.31 Å². The predicted octanol–water partition coefficient (Wildman–Crippen LogP) is -0.895. The van der Waals surface area contributed by atoms with Gasteiger partial charge in [-0.3, -0.25) is 4.79 Å². The quantitative estimate of drug-likeness (QED) is 0.596. The number of carboxylic acid groups (broad SMARTS) is 1. The fourth-order valence-electron chi connectivity index (χ4n) is 1.01. The second-order valence-corrected chi connectivity index (χ2v) is 4.45. The van der Waals surface area contributed by atoms with Crippen molar-refractivity contribution in [3.05, 3.63) is 0 Å². The van der Waals surface area contributed by atoms with Crippen molar-refractivity contribution in [3.8, 4) is 0 Å². The second kappa shape index (κ2) is 2.46. The minimum absolute atomic E-state index is 0.329. The molecule has 0 aliphatic carbocycles. The fourth-order valence-corrected chi connectivity index (χ4v) is 2.10. The van der Waals surface area contributed by atoms with Gasteiger partial charge in [-0.25, -0.2) is 8.42 Å². The van der Waals surface area contributed by atoms with Crippen LogP contribution in [0.5, 0.6) is 0 Å². The smallest absolute Gasteiger partial charge is 0.322 e. The Morgan fingerprint density at radius 3 is 2.27 bits per heavy atom. The van der Waals surface area contributed by atoms with Crippen molar-refractivity contribution in [2.45, 2.75) is 12.5 Å². The van der Waals surface area contributed by atoms with Crippen molar-refractivity contribution in [2.24, 2.45) is 0 Å². The third kappa shape index (κ3) is 1.51. The summed E-state index contributed by atoms with van der Waals surface area (Å²) in [5, 5.41) is 8.46. The van der Waals surface area contributed by atoms with E-state index in [0.29, 0.717) is 13.0 Å². The molecule has 5 nitrogen and oxygen atoms in total. The van der Waals surface area contributed by atoms with Crippen LogP contribution in [0.1, 0.15) is 6.42 Å². The number of rotatable bonds is 2. The van der Waals surface area contributed by atoms with E-state index in [1.165, 1.54) is 0 Å². The zero-order chi connectivity index (χ0) is 8.65. The van der Waals surface area contributed by atoms with Crippen LogP contribution >= 0.6 is 0 Å². The van der Waals surface area contributed by atoms with Gasteiger partial charge in [-0.15, -0.1) is 0 Å². The maximum Gasteiger partial charge on any atom is 0.322 e. The van der Waals surface area contributed by atoms with E-state index in [9.17, 15) is 13.2 Å². The highest BCUT2D eigenvalue weighted by Gasteiger charge is 2.39. The van der Waals surface area contributed by atoms with Crippen molar-refractivity contribution < 1.29 is 18.3 Å². The highest BCUT2D eigenvalue weighted by molar-refractivity contribution is 7.88. The molecule has 0 spiro atoms. The number of carbonyl (C=O) groups is 1. The van der Waals surface area contributed by atoms with Crippen LogP contribution in [-0.2, 0) is 14.8 Å². The molecule has 0 unspecified atom stereocenters. The molecule has 0 aromatic carbocycles. The van der Waals surface area contributed by atoms with Crippen LogP contribution in [0.2, 0.25) is 0 Å². The van der Waals surface area contributed by atoms with Gasteiger partial charge >= 0.3 is 5.97 Å². The number of carboxylic acids is 1. The van der Waals surface area contributed by atoms with Gasteiger partial charge in [0.05, 0.1) is 6.26 Å². The maximum atomic E-state index is 10.8. The van der Waals surface area contributed by atoms with Gasteiger partial charge in [0.15, 0.2) is 0 Å². The molecule has 1 atom stereocenters. The van der Waals surface area contributed by atoms with Gasteiger partial charge in [0.25, 0.3) is 0 Å². The Morgan fingerprint density at radius 1 is 1.64 bits per heavy atom. The van der Waals surface area contributed by atoms with E-state index >= 15 is 0 Å². The van der Waals surface area contributed by atoms with Crippen LogP contribution in [0.4, 0.5) is 0 Å². The lowest BCUT2D eigenvalue weighted by Gasteiger charge is -2.35. The molecule has 1 aliphatic rings.